The number of anilines is 1. The van der Waals surface area contributed by atoms with Crippen molar-refractivity contribution < 1.29 is 4.74 Å². The molecule has 0 amide bonds. The molecule has 24 heavy (non-hydrogen) atoms. The first kappa shape index (κ1) is 16.2. The third kappa shape index (κ3) is 3.63. The van der Waals surface area contributed by atoms with Gasteiger partial charge in [-0.1, -0.05) is 42.0 Å². The molecule has 0 spiro atoms. The summed E-state index contributed by atoms with van der Waals surface area (Å²) in [6.07, 6.45) is 0. The van der Waals surface area contributed by atoms with Crippen molar-refractivity contribution in [2.24, 2.45) is 5.10 Å². The number of para-hydroxylation sites is 1. The quantitative estimate of drug-likeness (QED) is 0.528. The van der Waals surface area contributed by atoms with Crippen LogP contribution in [-0.4, -0.2) is 17.8 Å². The van der Waals surface area contributed by atoms with E-state index in [4.69, 9.17) is 4.74 Å². The second-order valence-electron chi connectivity index (χ2n) is 5.41. The fourth-order valence-electron chi connectivity index (χ4n) is 2.32. The lowest BCUT2D eigenvalue weighted by molar-refractivity contribution is 0.414. The number of hydrazone groups is 1. The lowest BCUT2D eigenvalue weighted by Gasteiger charge is -2.07. The molecule has 0 bridgehead atoms. The van der Waals surface area contributed by atoms with Gasteiger partial charge in [0.15, 0.2) is 0 Å². The van der Waals surface area contributed by atoms with Gasteiger partial charge in [-0.05, 0) is 26.0 Å². The van der Waals surface area contributed by atoms with Gasteiger partial charge in [0, 0.05) is 16.5 Å². The number of hydrogen-bond donors (Lipinski definition) is 1. The summed E-state index contributed by atoms with van der Waals surface area (Å²) < 4.78 is 5.37. The predicted octanol–water partition coefficient (Wildman–Crippen LogP) is 4.96. The maximum Gasteiger partial charge on any atom is 0.203 e. The van der Waals surface area contributed by atoms with Gasteiger partial charge in [-0.3, -0.25) is 5.43 Å². The van der Waals surface area contributed by atoms with Crippen LogP contribution in [0, 0.1) is 6.92 Å². The fourth-order valence-corrected chi connectivity index (χ4v) is 2.98. The predicted molar refractivity (Wildman–Crippen MR) is 101 cm³/mol. The normalized spacial score (nSPS) is 11.4. The highest BCUT2D eigenvalue weighted by Gasteiger charge is 2.07. The molecule has 5 heteroatoms. The molecule has 0 saturated carbocycles. The monoisotopic (exact) mass is 337 g/mol. The Kier molecular flexibility index (Phi) is 4.91. The van der Waals surface area contributed by atoms with Gasteiger partial charge in [-0.25, -0.2) is 4.98 Å². The van der Waals surface area contributed by atoms with Crippen molar-refractivity contribution in [1.29, 1.82) is 0 Å². The van der Waals surface area contributed by atoms with Crippen molar-refractivity contribution in [3.63, 3.8) is 0 Å². The molecule has 3 rings (SSSR count). The highest BCUT2D eigenvalue weighted by molar-refractivity contribution is 7.14. The van der Waals surface area contributed by atoms with Gasteiger partial charge in [0.05, 0.1) is 18.5 Å². The van der Waals surface area contributed by atoms with E-state index in [2.05, 4.69) is 46.7 Å². The molecule has 1 aromatic heterocycles. The van der Waals surface area contributed by atoms with E-state index >= 15 is 0 Å². The highest BCUT2D eigenvalue weighted by atomic mass is 32.1. The summed E-state index contributed by atoms with van der Waals surface area (Å²) in [4.78, 5) is 4.59. The molecular weight excluding hydrogens is 318 g/mol. The van der Waals surface area contributed by atoms with Gasteiger partial charge in [0.25, 0.3) is 0 Å². The Morgan fingerprint density at radius 2 is 1.88 bits per heavy atom. The lowest BCUT2D eigenvalue weighted by Crippen LogP contribution is -2.02. The van der Waals surface area contributed by atoms with Gasteiger partial charge in [-0.2, -0.15) is 5.10 Å². The van der Waals surface area contributed by atoms with Gasteiger partial charge >= 0.3 is 0 Å². The van der Waals surface area contributed by atoms with E-state index < -0.39 is 0 Å². The van der Waals surface area contributed by atoms with Crippen LogP contribution in [-0.2, 0) is 0 Å². The average molecular weight is 337 g/mol. The molecule has 0 aliphatic rings. The van der Waals surface area contributed by atoms with Crippen molar-refractivity contribution in [3.8, 4) is 17.0 Å². The molecule has 0 fully saturated rings. The molecule has 0 aliphatic heterocycles. The van der Waals surface area contributed by atoms with Crippen LogP contribution in [0.2, 0.25) is 0 Å². The minimum atomic E-state index is 0.764. The van der Waals surface area contributed by atoms with E-state index in [0.29, 0.717) is 0 Å². The minimum absolute atomic E-state index is 0.764. The van der Waals surface area contributed by atoms with E-state index in [1.165, 1.54) is 16.9 Å². The van der Waals surface area contributed by atoms with Crippen molar-refractivity contribution in [2.75, 3.05) is 12.5 Å². The standard InChI is InChI=1S/C19H19N3OS/c1-13-8-10-15(11-9-13)17-12-24-19(20-17)22-21-14(2)16-6-4-5-7-18(16)23-3/h4-12H,1-3H3,(H,20,22)/b21-14-. The Balaban J connectivity index is 1.76. The molecule has 2 aromatic carbocycles. The Bertz CT molecular complexity index is 853. The first-order chi connectivity index (χ1) is 11.7. The molecular formula is C19H19N3OS. The SMILES string of the molecule is COc1ccccc1/C(C)=N\Nc1nc(-c2ccc(C)cc2)cs1. The summed E-state index contributed by atoms with van der Waals surface area (Å²) >= 11 is 1.54. The van der Waals surface area contributed by atoms with Crippen LogP contribution in [0.25, 0.3) is 11.3 Å². The van der Waals surface area contributed by atoms with Crippen LogP contribution in [0.15, 0.2) is 59.0 Å². The van der Waals surface area contributed by atoms with Gasteiger partial charge < -0.3 is 4.74 Å². The Morgan fingerprint density at radius 1 is 1.12 bits per heavy atom. The van der Waals surface area contributed by atoms with E-state index in [9.17, 15) is 0 Å². The summed E-state index contributed by atoms with van der Waals surface area (Å²) in [5, 5.41) is 7.22. The summed E-state index contributed by atoms with van der Waals surface area (Å²) in [6.45, 7) is 4.02. The van der Waals surface area contributed by atoms with Gasteiger partial charge in [0.1, 0.15) is 5.75 Å². The number of rotatable bonds is 5. The van der Waals surface area contributed by atoms with Gasteiger partial charge in [0.2, 0.25) is 5.13 Å². The van der Waals surface area contributed by atoms with Crippen molar-refractivity contribution in [2.45, 2.75) is 13.8 Å². The Hall–Kier alpha value is -2.66. The molecule has 3 aromatic rings. The maximum absolute atomic E-state index is 5.37. The van der Waals surface area contributed by atoms with Gasteiger partial charge in [-0.15, -0.1) is 11.3 Å². The Labute approximate surface area is 145 Å². The van der Waals surface area contributed by atoms with Crippen LogP contribution >= 0.6 is 11.3 Å². The molecule has 122 valence electrons. The van der Waals surface area contributed by atoms with Crippen LogP contribution in [0.3, 0.4) is 0 Å². The number of ether oxygens (including phenoxy) is 1. The number of benzene rings is 2. The summed E-state index contributed by atoms with van der Waals surface area (Å²) in [6, 6.07) is 16.2. The van der Waals surface area contributed by atoms with E-state index in [1.807, 2.05) is 36.6 Å². The molecule has 0 unspecified atom stereocenters. The third-order valence-corrected chi connectivity index (χ3v) is 4.41. The van der Waals surface area contributed by atoms with Crippen molar-refractivity contribution in [3.05, 3.63) is 65.0 Å². The molecule has 1 heterocycles. The second kappa shape index (κ2) is 7.27. The second-order valence-corrected chi connectivity index (χ2v) is 6.27. The van der Waals surface area contributed by atoms with Crippen LogP contribution < -0.4 is 10.2 Å². The minimum Gasteiger partial charge on any atom is -0.496 e. The topological polar surface area (TPSA) is 46.5 Å². The molecule has 0 saturated heterocycles. The number of nitrogens with one attached hydrogen (secondary N) is 1. The Morgan fingerprint density at radius 3 is 2.62 bits per heavy atom. The molecule has 4 nitrogen and oxygen atoms in total. The lowest BCUT2D eigenvalue weighted by atomic mass is 10.1. The zero-order valence-electron chi connectivity index (χ0n) is 13.9. The molecule has 0 aliphatic carbocycles. The number of nitrogens with zero attached hydrogens (tertiary/aromatic N) is 2. The molecule has 0 radical (unpaired) electrons. The van der Waals surface area contributed by atoms with E-state index in [0.717, 1.165) is 33.4 Å². The maximum atomic E-state index is 5.37. The molecule has 0 atom stereocenters. The van der Waals surface area contributed by atoms with Crippen LogP contribution in [0.1, 0.15) is 18.1 Å². The fraction of sp³-hybridized carbons (Fsp3) is 0.158. The van der Waals surface area contributed by atoms with Crippen LogP contribution in [0.4, 0.5) is 5.13 Å². The van der Waals surface area contributed by atoms with Crippen LogP contribution in [0.5, 0.6) is 5.75 Å². The number of hydrogen-bond acceptors (Lipinski definition) is 5. The average Bonchev–Trinajstić information content (AvgIpc) is 3.09. The third-order valence-electron chi connectivity index (χ3n) is 3.67. The molecule has 1 N–H and O–H groups in total. The number of aromatic nitrogens is 1. The van der Waals surface area contributed by atoms with Crippen molar-refractivity contribution in [1.82, 2.24) is 4.98 Å². The number of aryl methyl sites for hydroxylation is 1. The smallest absolute Gasteiger partial charge is 0.203 e. The largest absolute Gasteiger partial charge is 0.496 e. The highest BCUT2D eigenvalue weighted by Crippen LogP contribution is 2.25. The zero-order valence-corrected chi connectivity index (χ0v) is 14.7. The zero-order chi connectivity index (χ0) is 16.9. The first-order valence-electron chi connectivity index (χ1n) is 7.63. The first-order valence-corrected chi connectivity index (χ1v) is 8.51. The van der Waals surface area contributed by atoms with E-state index in [-0.39, 0.29) is 0 Å². The van der Waals surface area contributed by atoms with Crippen molar-refractivity contribution >= 4 is 22.2 Å². The number of methoxy groups -OCH3 is 1. The number of thiazole rings is 1. The summed E-state index contributed by atoms with van der Waals surface area (Å²) in [7, 11) is 1.66. The van der Waals surface area contributed by atoms with E-state index in [1.54, 1.807) is 7.11 Å². The summed E-state index contributed by atoms with van der Waals surface area (Å²) in [5.41, 5.74) is 8.14. The summed E-state index contributed by atoms with van der Waals surface area (Å²) in [5.74, 6) is 0.806.